The third-order valence-electron chi connectivity index (χ3n) is 9.07. The number of anilines is 1. The number of benzene rings is 2. The molecule has 1 aliphatic carbocycles. The lowest BCUT2D eigenvalue weighted by atomic mass is 9.96. The Morgan fingerprint density at radius 2 is 1.74 bits per heavy atom. The van der Waals surface area contributed by atoms with E-state index in [4.69, 9.17) is 9.47 Å². The van der Waals surface area contributed by atoms with Crippen LogP contribution in [0.25, 0.3) is 0 Å². The van der Waals surface area contributed by atoms with E-state index in [1.165, 1.54) is 6.42 Å². The molecule has 10 nitrogen and oxygen atoms in total. The second-order valence-corrected chi connectivity index (χ2v) is 13.0. The molecule has 0 aromatic heterocycles. The van der Waals surface area contributed by atoms with E-state index in [-0.39, 0.29) is 55.2 Å². The Morgan fingerprint density at radius 3 is 2.46 bits per heavy atom. The van der Waals surface area contributed by atoms with E-state index in [0.717, 1.165) is 44.9 Å². The van der Waals surface area contributed by atoms with Gasteiger partial charge in [-0.15, -0.1) is 0 Å². The quantitative estimate of drug-likeness (QED) is 0.358. The van der Waals surface area contributed by atoms with E-state index in [9.17, 15) is 19.5 Å². The SMILES string of the molecule is C[C@@H]1CCCCO[C@@H](CN(C)C(=O)c2ccccc2)[C@@H](C)CN([C@H](C)CO)C(=O)c2cc(NC(=O)NC3CCCCC3)ccc2O1. The zero-order chi connectivity index (χ0) is 33.1. The monoisotopic (exact) mass is 636 g/mol. The van der Waals surface area contributed by atoms with Crippen molar-refractivity contribution in [3.05, 3.63) is 59.7 Å². The first-order valence-electron chi connectivity index (χ1n) is 16.9. The van der Waals surface area contributed by atoms with Crippen LogP contribution in [0.1, 0.15) is 92.9 Å². The predicted octanol–water partition coefficient (Wildman–Crippen LogP) is 5.71. The molecule has 0 radical (unpaired) electrons. The van der Waals surface area contributed by atoms with Crippen LogP contribution in [0.3, 0.4) is 0 Å². The molecule has 2 aromatic rings. The van der Waals surface area contributed by atoms with Gasteiger partial charge in [0.25, 0.3) is 11.8 Å². The molecule has 1 aliphatic heterocycles. The van der Waals surface area contributed by atoms with Gasteiger partial charge in [0.05, 0.1) is 30.4 Å². The van der Waals surface area contributed by atoms with Crippen molar-refractivity contribution in [1.29, 1.82) is 0 Å². The number of ether oxygens (including phenoxy) is 2. The number of carbonyl (C=O) groups is 3. The topological polar surface area (TPSA) is 120 Å². The third-order valence-corrected chi connectivity index (χ3v) is 9.07. The number of hydrogen-bond acceptors (Lipinski definition) is 6. The van der Waals surface area contributed by atoms with Crippen LogP contribution < -0.4 is 15.4 Å². The maximum atomic E-state index is 14.3. The van der Waals surface area contributed by atoms with Gasteiger partial charge in [-0.05, 0) is 76.3 Å². The molecule has 4 amide bonds. The molecule has 2 aliphatic rings. The molecule has 1 saturated carbocycles. The molecule has 252 valence electrons. The van der Waals surface area contributed by atoms with E-state index in [1.807, 2.05) is 32.0 Å². The summed E-state index contributed by atoms with van der Waals surface area (Å²) in [6, 6.07) is 13.7. The van der Waals surface area contributed by atoms with Crippen LogP contribution in [0.15, 0.2) is 48.5 Å². The van der Waals surface area contributed by atoms with Crippen LogP contribution >= 0.6 is 0 Å². The van der Waals surface area contributed by atoms with Gasteiger partial charge in [-0.1, -0.05) is 44.4 Å². The third kappa shape index (κ3) is 9.93. The molecule has 46 heavy (non-hydrogen) atoms. The molecule has 0 unspecified atom stereocenters. The van der Waals surface area contributed by atoms with Crippen LogP contribution in [0.5, 0.6) is 5.75 Å². The molecule has 0 bridgehead atoms. The molecular formula is C36H52N4O6. The van der Waals surface area contributed by atoms with Crippen molar-refractivity contribution in [2.24, 2.45) is 5.92 Å². The van der Waals surface area contributed by atoms with Gasteiger partial charge in [0.15, 0.2) is 0 Å². The van der Waals surface area contributed by atoms with Crippen molar-refractivity contribution in [2.75, 3.05) is 38.7 Å². The summed E-state index contributed by atoms with van der Waals surface area (Å²) in [6.07, 6.45) is 7.32. The number of rotatable bonds is 7. The number of nitrogens with zero attached hydrogens (tertiary/aromatic N) is 2. The van der Waals surface area contributed by atoms with Crippen molar-refractivity contribution in [1.82, 2.24) is 15.1 Å². The molecule has 4 rings (SSSR count). The number of amides is 4. The number of urea groups is 1. The number of likely N-dealkylation sites (N-methyl/N-ethyl adjacent to an activating group) is 1. The summed E-state index contributed by atoms with van der Waals surface area (Å²) in [5, 5.41) is 16.2. The van der Waals surface area contributed by atoms with Crippen molar-refractivity contribution in [3.63, 3.8) is 0 Å². The van der Waals surface area contributed by atoms with Gasteiger partial charge >= 0.3 is 6.03 Å². The lowest BCUT2D eigenvalue weighted by Crippen LogP contribution is -2.48. The fourth-order valence-electron chi connectivity index (χ4n) is 6.22. The van der Waals surface area contributed by atoms with Crippen molar-refractivity contribution >= 4 is 23.5 Å². The van der Waals surface area contributed by atoms with Gasteiger partial charge in [-0.2, -0.15) is 0 Å². The van der Waals surface area contributed by atoms with Crippen molar-refractivity contribution in [3.8, 4) is 5.75 Å². The molecule has 0 saturated heterocycles. The first kappa shape index (κ1) is 35.2. The number of aliphatic hydroxyl groups excluding tert-OH is 1. The van der Waals surface area contributed by atoms with Gasteiger partial charge in [-0.25, -0.2) is 4.79 Å². The average molecular weight is 637 g/mol. The number of aliphatic hydroxyl groups is 1. The van der Waals surface area contributed by atoms with Gasteiger partial charge in [0.2, 0.25) is 0 Å². The van der Waals surface area contributed by atoms with Gasteiger partial charge in [0.1, 0.15) is 5.75 Å². The molecule has 2 aromatic carbocycles. The minimum Gasteiger partial charge on any atom is -0.490 e. The second-order valence-electron chi connectivity index (χ2n) is 13.0. The van der Waals surface area contributed by atoms with E-state index in [1.54, 1.807) is 54.1 Å². The highest BCUT2D eigenvalue weighted by molar-refractivity contribution is 5.99. The van der Waals surface area contributed by atoms with Gasteiger partial charge in [-0.3, -0.25) is 9.59 Å². The maximum Gasteiger partial charge on any atom is 0.319 e. The summed E-state index contributed by atoms with van der Waals surface area (Å²) >= 11 is 0. The van der Waals surface area contributed by atoms with Crippen LogP contribution in [0.2, 0.25) is 0 Å². The highest BCUT2D eigenvalue weighted by Crippen LogP contribution is 2.29. The second kappa shape index (κ2) is 17.3. The minimum absolute atomic E-state index is 0.0973. The molecule has 3 N–H and O–H groups in total. The fraction of sp³-hybridized carbons (Fsp3) is 0.583. The Kier molecular flexibility index (Phi) is 13.3. The average Bonchev–Trinajstić information content (AvgIpc) is 3.06. The Bertz CT molecular complexity index is 1280. The largest absolute Gasteiger partial charge is 0.490 e. The number of fused-ring (bicyclic) bond motifs is 1. The lowest BCUT2D eigenvalue weighted by Gasteiger charge is -2.36. The molecule has 1 fully saturated rings. The van der Waals surface area contributed by atoms with Crippen molar-refractivity contribution in [2.45, 2.75) is 96.4 Å². The zero-order valence-electron chi connectivity index (χ0n) is 27.9. The van der Waals surface area contributed by atoms with Gasteiger partial charge < -0.3 is 35.0 Å². The van der Waals surface area contributed by atoms with Crippen LogP contribution in [0.4, 0.5) is 10.5 Å². The number of nitrogens with one attached hydrogen (secondary N) is 2. The summed E-state index contributed by atoms with van der Waals surface area (Å²) < 4.78 is 12.7. The smallest absolute Gasteiger partial charge is 0.319 e. The van der Waals surface area contributed by atoms with E-state index in [2.05, 4.69) is 10.6 Å². The Morgan fingerprint density at radius 1 is 1.02 bits per heavy atom. The molecule has 0 spiro atoms. The molecule has 10 heteroatoms. The summed E-state index contributed by atoms with van der Waals surface area (Å²) in [5.74, 6) is -0.134. The highest BCUT2D eigenvalue weighted by atomic mass is 16.5. The summed E-state index contributed by atoms with van der Waals surface area (Å²) in [4.78, 5) is 43.7. The summed E-state index contributed by atoms with van der Waals surface area (Å²) in [7, 11) is 1.77. The van der Waals surface area contributed by atoms with Crippen LogP contribution in [-0.2, 0) is 4.74 Å². The minimum atomic E-state index is -0.497. The lowest BCUT2D eigenvalue weighted by molar-refractivity contribution is -0.0149. The zero-order valence-corrected chi connectivity index (χ0v) is 27.9. The Hall–Kier alpha value is -3.63. The Labute approximate surface area is 273 Å². The fourth-order valence-corrected chi connectivity index (χ4v) is 6.22. The number of hydrogen-bond donors (Lipinski definition) is 3. The molecule has 4 atom stereocenters. The van der Waals surface area contributed by atoms with E-state index < -0.39 is 6.04 Å². The standard InChI is InChI=1S/C36H52N4O6/c1-25-22-40(26(2)24-41)35(43)31-21-30(38-36(44)37-29-16-9-6-10-17-29)18-19-32(31)46-27(3)13-11-12-20-45-33(25)23-39(4)34(42)28-14-7-5-8-15-28/h5,7-8,14-15,18-19,21,25-27,29,33,41H,6,9-13,16-17,20,22-24H2,1-4H3,(H2,37,38,44)/t25-,26+,27+,33-/m0/s1. The van der Waals surface area contributed by atoms with Crippen LogP contribution in [-0.4, -0.2) is 90.4 Å². The van der Waals surface area contributed by atoms with E-state index in [0.29, 0.717) is 35.7 Å². The number of carbonyl (C=O) groups excluding carboxylic acids is 3. The van der Waals surface area contributed by atoms with Crippen molar-refractivity contribution < 1.29 is 29.0 Å². The normalized spacial score (nSPS) is 22.5. The summed E-state index contributed by atoms with van der Waals surface area (Å²) in [6.45, 7) is 6.72. The Balaban J connectivity index is 1.58. The predicted molar refractivity (Wildman–Crippen MR) is 179 cm³/mol. The van der Waals surface area contributed by atoms with E-state index >= 15 is 0 Å². The highest BCUT2D eigenvalue weighted by Gasteiger charge is 2.31. The molecule has 1 heterocycles. The van der Waals surface area contributed by atoms with Gasteiger partial charge in [0, 0.05) is 50.0 Å². The summed E-state index contributed by atoms with van der Waals surface area (Å²) in [5.41, 5.74) is 1.41. The first-order valence-corrected chi connectivity index (χ1v) is 16.9. The maximum absolute atomic E-state index is 14.3. The molecular weight excluding hydrogens is 584 g/mol. The van der Waals surface area contributed by atoms with Crippen LogP contribution in [0, 0.1) is 5.92 Å². The first-order chi connectivity index (χ1) is 22.2.